The molecule has 0 aromatic heterocycles. The highest BCUT2D eigenvalue weighted by molar-refractivity contribution is 8.14. The number of esters is 2. The number of carbonyl (C=O) groups excluding carboxylic acids is 4. The summed E-state index contributed by atoms with van der Waals surface area (Å²) in [6.07, 6.45) is 11.5. The van der Waals surface area contributed by atoms with Crippen molar-refractivity contribution >= 4 is 57.8 Å². The number of thioether (sulfide) groups is 2. The van der Waals surface area contributed by atoms with Crippen molar-refractivity contribution < 1.29 is 42.9 Å². The van der Waals surface area contributed by atoms with Gasteiger partial charge < -0.3 is 23.7 Å². The van der Waals surface area contributed by atoms with Crippen LogP contribution in [0, 0.1) is 0 Å². The van der Waals surface area contributed by atoms with Crippen molar-refractivity contribution in [3.05, 3.63) is 115 Å². The highest BCUT2D eigenvalue weighted by atomic mass is 32.2. The van der Waals surface area contributed by atoms with Gasteiger partial charge in [-0.25, -0.2) is 9.59 Å². The third kappa shape index (κ3) is 15.5. The zero-order valence-corrected chi connectivity index (χ0v) is 29.5. The van der Waals surface area contributed by atoms with Gasteiger partial charge >= 0.3 is 11.9 Å². The van der Waals surface area contributed by atoms with Gasteiger partial charge in [-0.1, -0.05) is 43.5 Å². The molecule has 0 unspecified atom stereocenters. The Labute approximate surface area is 301 Å². The number of hydrogen-bond acceptors (Lipinski definition) is 11. The topological polar surface area (TPSA) is 114 Å². The standard InChI is InChI=1S/C39H40O9S2/c1-4-36(40)47-26-8-6-24-45-31-15-10-29(11-16-31)13-22-38(42)49-32-17-19-33(20-18-32)50-39(43)23-14-30-12-21-34(35(28-30)44-3)46-25-7-9-27-48-37(41)5-2/h4-5,10-23,28H,1-2,6-9,24-27H2,3H3/b22-13+,23-14+. The SMILES string of the molecule is C=CC(=O)OCCCCOc1ccc(/C=C/C(=O)Sc2ccc(SC(=O)/C=C/c3ccc(OCCCCOC(=O)C=C)c(OC)c3)cc2)cc1. The fourth-order valence-corrected chi connectivity index (χ4v) is 5.31. The molecule has 0 atom stereocenters. The van der Waals surface area contributed by atoms with Crippen LogP contribution in [0.5, 0.6) is 17.2 Å². The van der Waals surface area contributed by atoms with Gasteiger partial charge in [0.15, 0.2) is 11.5 Å². The Kier molecular flexibility index (Phi) is 17.8. The van der Waals surface area contributed by atoms with Gasteiger partial charge in [-0.3, -0.25) is 9.59 Å². The maximum absolute atomic E-state index is 12.6. The van der Waals surface area contributed by atoms with E-state index in [-0.39, 0.29) is 10.2 Å². The first-order chi connectivity index (χ1) is 24.3. The number of hydrogen-bond donors (Lipinski definition) is 0. The quantitative estimate of drug-likeness (QED) is 0.0461. The van der Waals surface area contributed by atoms with E-state index in [9.17, 15) is 19.2 Å². The second-order valence-electron chi connectivity index (χ2n) is 10.3. The second kappa shape index (κ2) is 22.6. The van der Waals surface area contributed by atoms with Gasteiger partial charge in [0, 0.05) is 21.9 Å². The van der Waals surface area contributed by atoms with Gasteiger partial charge in [0.2, 0.25) is 10.2 Å². The predicted octanol–water partition coefficient (Wildman–Crippen LogP) is 8.14. The summed E-state index contributed by atoms with van der Waals surface area (Å²) in [5, 5.41) is -0.274. The molecule has 0 aliphatic carbocycles. The minimum atomic E-state index is -0.442. The molecule has 0 heterocycles. The van der Waals surface area contributed by atoms with Gasteiger partial charge in [0.1, 0.15) is 5.75 Å². The van der Waals surface area contributed by atoms with Crippen molar-refractivity contribution in [2.24, 2.45) is 0 Å². The van der Waals surface area contributed by atoms with Crippen molar-refractivity contribution in [2.75, 3.05) is 33.5 Å². The zero-order valence-electron chi connectivity index (χ0n) is 27.9. The molecule has 0 radical (unpaired) electrons. The van der Waals surface area contributed by atoms with E-state index >= 15 is 0 Å². The minimum absolute atomic E-state index is 0.125. The van der Waals surface area contributed by atoms with Crippen LogP contribution in [0.1, 0.15) is 36.8 Å². The van der Waals surface area contributed by atoms with Gasteiger partial charge in [-0.05, 0) is 121 Å². The number of carbonyl (C=O) groups is 4. The van der Waals surface area contributed by atoms with Crippen LogP contribution in [0.25, 0.3) is 12.2 Å². The van der Waals surface area contributed by atoms with E-state index in [1.165, 1.54) is 12.2 Å². The molecular formula is C39H40O9S2. The normalized spacial score (nSPS) is 10.8. The molecule has 0 aliphatic rings. The molecule has 0 saturated carbocycles. The fraction of sp³-hybridized carbons (Fsp3) is 0.231. The van der Waals surface area contributed by atoms with Crippen LogP contribution < -0.4 is 14.2 Å². The van der Waals surface area contributed by atoms with Crippen LogP contribution >= 0.6 is 23.5 Å². The van der Waals surface area contributed by atoms with E-state index in [1.807, 2.05) is 42.5 Å². The largest absolute Gasteiger partial charge is 0.494 e. The van der Waals surface area contributed by atoms with Crippen molar-refractivity contribution in [1.29, 1.82) is 0 Å². The summed E-state index contributed by atoms with van der Waals surface area (Å²) >= 11 is 2.18. The Morgan fingerprint density at radius 3 is 1.60 bits per heavy atom. The number of ether oxygens (including phenoxy) is 5. The summed E-state index contributed by atoms with van der Waals surface area (Å²) in [7, 11) is 1.55. The molecule has 0 spiro atoms. The average Bonchev–Trinajstić information content (AvgIpc) is 3.13. The van der Waals surface area contributed by atoms with Crippen LogP contribution in [-0.4, -0.2) is 55.7 Å². The Hall–Kier alpha value is -5.00. The maximum atomic E-state index is 12.6. The van der Waals surface area contributed by atoms with E-state index in [1.54, 1.807) is 43.5 Å². The Balaban J connectivity index is 1.38. The van der Waals surface area contributed by atoms with Crippen molar-refractivity contribution in [1.82, 2.24) is 0 Å². The van der Waals surface area contributed by atoms with Crippen molar-refractivity contribution in [3.63, 3.8) is 0 Å². The first-order valence-corrected chi connectivity index (χ1v) is 17.4. The van der Waals surface area contributed by atoms with Crippen LogP contribution in [0.15, 0.2) is 114 Å². The van der Waals surface area contributed by atoms with E-state index in [0.717, 1.165) is 63.0 Å². The van der Waals surface area contributed by atoms with Crippen LogP contribution in [0.4, 0.5) is 0 Å². The predicted molar refractivity (Wildman–Crippen MR) is 197 cm³/mol. The number of benzene rings is 3. The second-order valence-corrected chi connectivity index (χ2v) is 12.5. The van der Waals surface area contributed by atoms with E-state index < -0.39 is 11.9 Å². The summed E-state index contributed by atoms with van der Waals surface area (Å²) in [5.74, 6) is 0.968. The van der Waals surface area contributed by atoms with Crippen LogP contribution in [0.3, 0.4) is 0 Å². The molecular weight excluding hydrogens is 677 g/mol. The average molecular weight is 717 g/mol. The van der Waals surface area contributed by atoms with Gasteiger partial charge in [0.25, 0.3) is 0 Å². The lowest BCUT2D eigenvalue weighted by Crippen LogP contribution is -2.05. The number of unbranched alkanes of at least 4 members (excludes halogenated alkanes) is 2. The van der Waals surface area contributed by atoms with Crippen LogP contribution in [0.2, 0.25) is 0 Å². The molecule has 11 heteroatoms. The molecule has 3 aromatic carbocycles. The molecule has 50 heavy (non-hydrogen) atoms. The molecule has 3 rings (SSSR count). The third-order valence-electron chi connectivity index (χ3n) is 6.58. The molecule has 0 fully saturated rings. The molecule has 9 nitrogen and oxygen atoms in total. The summed E-state index contributed by atoms with van der Waals surface area (Å²) in [5.41, 5.74) is 1.64. The summed E-state index contributed by atoms with van der Waals surface area (Å²) in [4.78, 5) is 48.8. The van der Waals surface area contributed by atoms with E-state index in [2.05, 4.69) is 13.2 Å². The highest BCUT2D eigenvalue weighted by Gasteiger charge is 2.08. The molecule has 0 N–H and O–H groups in total. The van der Waals surface area contributed by atoms with Crippen molar-refractivity contribution in [2.45, 2.75) is 35.5 Å². The summed E-state index contributed by atoms with van der Waals surface area (Å²) in [6.45, 7) is 8.29. The molecule has 0 saturated heterocycles. The van der Waals surface area contributed by atoms with E-state index in [4.69, 9.17) is 23.7 Å². The van der Waals surface area contributed by atoms with Crippen LogP contribution in [-0.2, 0) is 28.7 Å². The highest BCUT2D eigenvalue weighted by Crippen LogP contribution is 2.30. The fourth-order valence-electron chi connectivity index (χ4n) is 4.03. The molecule has 262 valence electrons. The zero-order chi connectivity index (χ0) is 36.0. The Bertz CT molecular complexity index is 1640. The lowest BCUT2D eigenvalue weighted by Gasteiger charge is -2.11. The van der Waals surface area contributed by atoms with Crippen molar-refractivity contribution in [3.8, 4) is 17.2 Å². The van der Waals surface area contributed by atoms with Gasteiger partial charge in [-0.15, -0.1) is 0 Å². The number of rotatable bonds is 21. The van der Waals surface area contributed by atoms with Gasteiger partial charge in [-0.2, -0.15) is 0 Å². The molecule has 0 bridgehead atoms. The third-order valence-corrected chi connectivity index (χ3v) is 8.27. The lowest BCUT2D eigenvalue weighted by molar-refractivity contribution is -0.138. The first kappa shape index (κ1) is 39.4. The summed E-state index contributed by atoms with van der Waals surface area (Å²) in [6, 6.07) is 20.0. The Morgan fingerprint density at radius 2 is 1.08 bits per heavy atom. The smallest absolute Gasteiger partial charge is 0.330 e. The van der Waals surface area contributed by atoms with E-state index in [0.29, 0.717) is 62.9 Å². The monoisotopic (exact) mass is 716 g/mol. The number of methoxy groups -OCH3 is 1. The Morgan fingerprint density at radius 1 is 0.600 bits per heavy atom. The molecule has 0 aliphatic heterocycles. The summed E-state index contributed by atoms with van der Waals surface area (Å²) < 4.78 is 26.8. The van der Waals surface area contributed by atoms with Gasteiger partial charge in [0.05, 0.1) is 33.5 Å². The lowest BCUT2D eigenvalue weighted by atomic mass is 10.2. The minimum Gasteiger partial charge on any atom is -0.494 e. The first-order valence-electron chi connectivity index (χ1n) is 15.8. The molecule has 0 amide bonds. The maximum Gasteiger partial charge on any atom is 0.330 e. The molecule has 3 aromatic rings.